The van der Waals surface area contributed by atoms with Crippen LogP contribution in [-0.4, -0.2) is 34.0 Å². The number of carbonyl (C=O) groups is 2. The maximum absolute atomic E-state index is 11.7. The summed E-state index contributed by atoms with van der Waals surface area (Å²) in [5.74, 6) is 1.21. The Hall–Kier alpha value is -4.78. The second-order valence-corrected chi connectivity index (χ2v) is 11.0. The third-order valence-electron chi connectivity index (χ3n) is 7.53. The van der Waals surface area contributed by atoms with Crippen LogP contribution in [0.25, 0.3) is 0 Å². The Balaban J connectivity index is 0.000000175. The van der Waals surface area contributed by atoms with Crippen molar-refractivity contribution in [3.05, 3.63) is 155 Å². The Morgan fingerprint density at radius 2 is 1.20 bits per heavy atom. The first-order chi connectivity index (χ1) is 21.4. The van der Waals surface area contributed by atoms with Gasteiger partial charge in [0.2, 0.25) is 0 Å². The molecule has 3 atom stereocenters. The Bertz CT molecular complexity index is 1610. The molecule has 0 aliphatic heterocycles. The monoisotopic (exact) mass is 588 g/mol. The summed E-state index contributed by atoms with van der Waals surface area (Å²) in [6.45, 7) is 1.03. The topological polar surface area (TPSA) is 93.1 Å². The molecule has 2 N–H and O–H groups in total. The van der Waals surface area contributed by atoms with Gasteiger partial charge < -0.3 is 19.7 Å². The highest BCUT2D eigenvalue weighted by Crippen LogP contribution is 2.24. The van der Waals surface area contributed by atoms with Gasteiger partial charge in [-0.25, -0.2) is 0 Å². The van der Waals surface area contributed by atoms with Crippen LogP contribution in [0.3, 0.4) is 0 Å². The number of Topliss-reactive ketones (excluding diaryl/α,β-unsaturated/α-hetero) is 1. The lowest BCUT2D eigenvalue weighted by Crippen LogP contribution is -2.22. The van der Waals surface area contributed by atoms with Crippen molar-refractivity contribution in [1.82, 2.24) is 0 Å². The fourth-order valence-electron chi connectivity index (χ4n) is 5.17. The number of ketones is 2. The van der Waals surface area contributed by atoms with Crippen LogP contribution in [-0.2, 0) is 35.6 Å². The minimum Gasteiger partial charge on any atom is -0.489 e. The molecule has 0 aromatic heterocycles. The average Bonchev–Trinajstić information content (AvgIpc) is 3.54. The maximum atomic E-state index is 11.7. The van der Waals surface area contributed by atoms with E-state index in [1.807, 2.05) is 109 Å². The number of aliphatic hydroxyl groups is 2. The SMILES string of the molecule is O=C1C=CC(O)C1Cc1cccc(OCc2ccccc2)c1.O=C1CC(O)C=C1Cc1cccc(OCc2ccccc2)c1. The molecule has 44 heavy (non-hydrogen) atoms. The second kappa shape index (κ2) is 15.1. The second-order valence-electron chi connectivity index (χ2n) is 11.0. The van der Waals surface area contributed by atoms with Crippen LogP contribution in [0.1, 0.15) is 28.7 Å². The van der Waals surface area contributed by atoms with Crippen molar-refractivity contribution >= 4 is 11.6 Å². The zero-order valence-corrected chi connectivity index (χ0v) is 24.4. The van der Waals surface area contributed by atoms with Crippen LogP contribution >= 0.6 is 0 Å². The number of ether oxygens (including phenoxy) is 2. The number of hydrogen-bond donors (Lipinski definition) is 2. The summed E-state index contributed by atoms with van der Waals surface area (Å²) in [6, 6.07) is 35.4. The van der Waals surface area contributed by atoms with Crippen LogP contribution in [0, 0.1) is 5.92 Å². The smallest absolute Gasteiger partial charge is 0.161 e. The number of carbonyl (C=O) groups excluding carboxylic acids is 2. The van der Waals surface area contributed by atoms with Crippen LogP contribution in [0.5, 0.6) is 11.5 Å². The van der Waals surface area contributed by atoms with Gasteiger partial charge in [0.1, 0.15) is 24.7 Å². The molecular formula is C38H36O6. The van der Waals surface area contributed by atoms with Crippen molar-refractivity contribution in [3.8, 4) is 11.5 Å². The third-order valence-corrected chi connectivity index (χ3v) is 7.53. The van der Waals surface area contributed by atoms with Gasteiger partial charge in [0.25, 0.3) is 0 Å². The van der Waals surface area contributed by atoms with E-state index in [0.717, 1.165) is 33.8 Å². The van der Waals surface area contributed by atoms with Crippen molar-refractivity contribution in [2.75, 3.05) is 0 Å². The third kappa shape index (κ3) is 8.86. The van der Waals surface area contributed by atoms with Gasteiger partial charge in [-0.1, -0.05) is 91.0 Å². The van der Waals surface area contributed by atoms with Gasteiger partial charge in [-0.2, -0.15) is 0 Å². The first kappa shape index (κ1) is 30.7. The van der Waals surface area contributed by atoms with Crippen LogP contribution in [0.15, 0.2) is 133 Å². The molecule has 0 saturated carbocycles. The van der Waals surface area contributed by atoms with Gasteiger partial charge in [-0.15, -0.1) is 0 Å². The highest BCUT2D eigenvalue weighted by molar-refractivity contribution is 5.98. The van der Waals surface area contributed by atoms with Crippen LogP contribution in [0.4, 0.5) is 0 Å². The van der Waals surface area contributed by atoms with Crippen molar-refractivity contribution in [2.45, 2.75) is 44.7 Å². The highest BCUT2D eigenvalue weighted by atomic mass is 16.5. The Kier molecular flexibility index (Phi) is 10.5. The summed E-state index contributed by atoms with van der Waals surface area (Å²) in [7, 11) is 0. The lowest BCUT2D eigenvalue weighted by Gasteiger charge is -2.14. The fourth-order valence-corrected chi connectivity index (χ4v) is 5.17. The molecule has 2 aliphatic rings. The first-order valence-electron chi connectivity index (χ1n) is 14.8. The number of allylic oxidation sites excluding steroid dienone is 2. The molecule has 0 radical (unpaired) electrons. The van der Waals surface area contributed by atoms with Gasteiger partial charge in [-0.3, -0.25) is 9.59 Å². The number of hydrogen-bond acceptors (Lipinski definition) is 6. The minimum atomic E-state index is -0.679. The van der Waals surface area contributed by atoms with Crippen molar-refractivity contribution in [1.29, 1.82) is 0 Å². The lowest BCUT2D eigenvalue weighted by atomic mass is 9.94. The summed E-state index contributed by atoms with van der Waals surface area (Å²) in [4.78, 5) is 23.4. The zero-order chi connectivity index (χ0) is 30.7. The molecule has 0 bridgehead atoms. The molecule has 3 unspecified atom stereocenters. The van der Waals surface area contributed by atoms with Gasteiger partial charge in [0.05, 0.1) is 18.1 Å². The largest absolute Gasteiger partial charge is 0.489 e. The normalized spacial score (nSPS) is 18.9. The molecule has 0 saturated heterocycles. The van der Waals surface area contributed by atoms with E-state index in [2.05, 4.69) is 0 Å². The summed E-state index contributed by atoms with van der Waals surface area (Å²) >= 11 is 0. The van der Waals surface area contributed by atoms with E-state index < -0.39 is 12.2 Å². The van der Waals surface area contributed by atoms with E-state index >= 15 is 0 Å². The highest BCUT2D eigenvalue weighted by Gasteiger charge is 2.28. The van der Waals surface area contributed by atoms with Crippen LogP contribution in [0.2, 0.25) is 0 Å². The molecule has 0 fully saturated rings. The molecule has 4 aromatic rings. The number of rotatable bonds is 10. The van der Waals surface area contributed by atoms with Crippen molar-refractivity contribution in [2.24, 2.45) is 5.92 Å². The molecule has 2 aliphatic carbocycles. The molecule has 6 nitrogen and oxygen atoms in total. The first-order valence-corrected chi connectivity index (χ1v) is 14.8. The van der Waals surface area contributed by atoms with E-state index in [-0.39, 0.29) is 23.9 Å². The molecule has 224 valence electrons. The Morgan fingerprint density at radius 1 is 0.659 bits per heavy atom. The Labute approximate surface area is 257 Å². The quantitative estimate of drug-likeness (QED) is 0.236. The predicted molar refractivity (Wildman–Crippen MR) is 169 cm³/mol. The summed E-state index contributed by atoms with van der Waals surface area (Å²) in [6.07, 6.45) is 4.64. The maximum Gasteiger partial charge on any atom is 0.161 e. The standard InChI is InChI=1S/2C19H18O3/c20-17-11-16(19(21)12-17)9-15-7-4-8-18(10-15)22-13-14-5-2-1-3-6-14;20-18-9-10-19(21)17(18)12-15-7-4-8-16(11-15)22-13-14-5-2-1-3-6-14/h1-8,10-11,17,20H,9,12-13H2;1-11,17-18,20H,12-13H2. The molecule has 6 rings (SSSR count). The predicted octanol–water partition coefficient (Wildman–Crippen LogP) is 5.99. The summed E-state index contributed by atoms with van der Waals surface area (Å²) < 4.78 is 11.6. The molecule has 4 aromatic carbocycles. The van der Waals surface area contributed by atoms with Gasteiger partial charge >= 0.3 is 0 Å². The van der Waals surface area contributed by atoms with E-state index in [4.69, 9.17) is 9.47 Å². The van der Waals surface area contributed by atoms with E-state index in [9.17, 15) is 19.8 Å². The molecular weight excluding hydrogens is 552 g/mol. The zero-order valence-electron chi connectivity index (χ0n) is 24.4. The summed E-state index contributed by atoms with van der Waals surface area (Å²) in [5.41, 5.74) is 4.92. The molecule has 0 spiro atoms. The number of aliphatic hydroxyl groups excluding tert-OH is 2. The van der Waals surface area contributed by atoms with E-state index in [1.54, 1.807) is 12.2 Å². The van der Waals surface area contributed by atoms with Crippen LogP contribution < -0.4 is 9.47 Å². The summed E-state index contributed by atoms with van der Waals surface area (Å²) in [5, 5.41) is 19.3. The van der Waals surface area contributed by atoms with Gasteiger partial charge in [-0.05, 0) is 70.7 Å². The van der Waals surface area contributed by atoms with Gasteiger partial charge in [0, 0.05) is 12.8 Å². The van der Waals surface area contributed by atoms with E-state index in [1.165, 1.54) is 6.08 Å². The average molecular weight is 589 g/mol. The van der Waals surface area contributed by atoms with Crippen molar-refractivity contribution in [3.63, 3.8) is 0 Å². The van der Waals surface area contributed by atoms with E-state index in [0.29, 0.717) is 31.6 Å². The molecule has 0 amide bonds. The van der Waals surface area contributed by atoms with Crippen molar-refractivity contribution < 1.29 is 29.3 Å². The lowest BCUT2D eigenvalue weighted by molar-refractivity contribution is -0.119. The number of benzene rings is 4. The minimum absolute atomic E-state index is 0.0110. The molecule has 0 heterocycles. The fraction of sp³-hybridized carbons (Fsp3) is 0.211. The molecule has 6 heteroatoms. The Morgan fingerprint density at radius 3 is 1.73 bits per heavy atom. The van der Waals surface area contributed by atoms with Gasteiger partial charge in [0.15, 0.2) is 11.6 Å².